The lowest BCUT2D eigenvalue weighted by molar-refractivity contribution is 0.0530. The number of benzene rings is 4. The molecule has 0 radical (unpaired) electrons. The van der Waals surface area contributed by atoms with E-state index in [-0.39, 0.29) is 5.56 Å². The van der Waals surface area contributed by atoms with Crippen LogP contribution < -0.4 is 34.1 Å². The van der Waals surface area contributed by atoms with Crippen LogP contribution in [0.1, 0.15) is 10.4 Å². The number of anilines is 3. The summed E-state index contributed by atoms with van der Waals surface area (Å²) in [7, 11) is 11.1. The second kappa shape index (κ2) is 17.7. The number of nitrogens with zero attached hydrogens (tertiary/aromatic N) is 4. The number of ether oxygens (including phenoxy) is 5. The van der Waals surface area contributed by atoms with E-state index in [2.05, 4.69) is 9.80 Å². The number of hydrogen-bond acceptors (Lipinski definition) is 10. The van der Waals surface area contributed by atoms with Crippen LogP contribution in [0.5, 0.6) is 11.5 Å². The van der Waals surface area contributed by atoms with Gasteiger partial charge in [-0.2, -0.15) is 0 Å². The number of fused-ring (bicyclic) bond motifs is 2. The normalized spacial score (nSPS) is 15.1. The van der Waals surface area contributed by atoms with E-state index in [1.165, 1.54) is 0 Å². The van der Waals surface area contributed by atoms with Crippen LogP contribution in [0.4, 0.5) is 17.1 Å². The van der Waals surface area contributed by atoms with Crippen molar-refractivity contribution in [2.24, 2.45) is 0 Å². The van der Waals surface area contributed by atoms with Gasteiger partial charge in [-0.3, -0.25) is 0 Å². The van der Waals surface area contributed by atoms with Crippen LogP contribution in [-0.4, -0.2) is 119 Å². The summed E-state index contributed by atoms with van der Waals surface area (Å²) in [5.41, 5.74) is 5.57. The smallest absolute Gasteiger partial charge is 0.336 e. The quantitative estimate of drug-likeness (QED) is 0.171. The van der Waals surface area contributed by atoms with Crippen molar-refractivity contribution in [1.29, 1.82) is 0 Å². The van der Waals surface area contributed by atoms with E-state index in [1.54, 1.807) is 20.3 Å². The van der Waals surface area contributed by atoms with Crippen LogP contribution in [0.25, 0.3) is 33.4 Å². The molecule has 2 heterocycles. The molecule has 0 amide bonds. The van der Waals surface area contributed by atoms with Crippen molar-refractivity contribution >= 4 is 34.0 Å². The standard InChI is InChI=1S/C42H50N4O8/c1-43(2)29-11-13-31-38(25-29)54-39-26-30(44(3)4)12-14-32(39)41(31)33-27-36(40(50-6)28-34(33)42(47)48)46-17-20-51-19-15-45(16-21-52-23-24-53-22-18-46)35-9-7-8-10-37(35)49-5/h7-14,25-28H,15-24H2,1-6H3/p+1. The Balaban J connectivity index is 1.41. The third kappa shape index (κ3) is 8.57. The molecule has 3 aliphatic rings. The van der Waals surface area contributed by atoms with E-state index in [0.29, 0.717) is 88.5 Å². The number of methoxy groups -OCH3 is 2. The first kappa shape index (κ1) is 38.4. The van der Waals surface area contributed by atoms with Gasteiger partial charge in [-0.15, -0.1) is 0 Å². The van der Waals surface area contributed by atoms with Crippen LogP contribution in [0.2, 0.25) is 0 Å². The molecule has 0 bridgehead atoms. The van der Waals surface area contributed by atoms with Crippen molar-refractivity contribution in [2.75, 3.05) is 123 Å². The average molecular weight is 740 g/mol. The number of para-hydroxylation sites is 2. The van der Waals surface area contributed by atoms with E-state index < -0.39 is 5.97 Å². The SMILES string of the molecule is COc1ccccc1N1CCOCCOCCN(c2cc(-c3c4ccc(=[N+](C)C)cc-4oc4cc(N(C)C)ccc34)c(C(=O)O)cc2OC)CCOCC1. The van der Waals surface area contributed by atoms with Crippen LogP contribution in [0.3, 0.4) is 0 Å². The molecular weight excluding hydrogens is 688 g/mol. The number of carboxylic acid groups (broad SMARTS) is 1. The summed E-state index contributed by atoms with van der Waals surface area (Å²) < 4.78 is 38.3. The summed E-state index contributed by atoms with van der Waals surface area (Å²) in [6.45, 7) is 5.11. The van der Waals surface area contributed by atoms with Gasteiger partial charge in [0.05, 0.1) is 76.9 Å². The summed E-state index contributed by atoms with van der Waals surface area (Å²) in [5, 5.41) is 12.4. The molecule has 0 saturated carbocycles. The number of carboxylic acids is 1. The summed E-state index contributed by atoms with van der Waals surface area (Å²) >= 11 is 0. The van der Waals surface area contributed by atoms with Crippen LogP contribution in [0, 0.1) is 0 Å². The van der Waals surface area contributed by atoms with Gasteiger partial charge in [-0.1, -0.05) is 12.1 Å². The van der Waals surface area contributed by atoms with E-state index in [9.17, 15) is 9.90 Å². The minimum atomic E-state index is -1.06. The summed E-state index contributed by atoms with van der Waals surface area (Å²) in [5.74, 6) is 0.823. The predicted molar refractivity (Wildman–Crippen MR) is 213 cm³/mol. The van der Waals surface area contributed by atoms with Gasteiger partial charge in [0.1, 0.15) is 36.9 Å². The minimum Gasteiger partial charge on any atom is -0.495 e. The molecule has 12 heteroatoms. The fourth-order valence-corrected chi connectivity index (χ4v) is 6.80. The lowest BCUT2D eigenvalue weighted by atomic mass is 9.89. The van der Waals surface area contributed by atoms with E-state index in [1.807, 2.05) is 104 Å². The fourth-order valence-electron chi connectivity index (χ4n) is 6.80. The number of hydrogen-bond donors (Lipinski definition) is 1. The molecule has 2 aliphatic heterocycles. The van der Waals surface area contributed by atoms with Crippen molar-refractivity contribution in [3.63, 3.8) is 0 Å². The largest absolute Gasteiger partial charge is 0.495 e. The lowest BCUT2D eigenvalue weighted by Gasteiger charge is -2.28. The minimum absolute atomic E-state index is 0.122. The molecule has 0 unspecified atom stereocenters. The van der Waals surface area contributed by atoms with Crippen LogP contribution in [0.15, 0.2) is 77.2 Å². The van der Waals surface area contributed by atoms with Crippen LogP contribution in [-0.2, 0) is 14.2 Å². The zero-order valence-corrected chi connectivity index (χ0v) is 32.1. The molecule has 286 valence electrons. The van der Waals surface area contributed by atoms with Gasteiger partial charge in [0.15, 0.2) is 0 Å². The first-order valence-electron chi connectivity index (χ1n) is 18.2. The van der Waals surface area contributed by atoms with Gasteiger partial charge >= 0.3 is 5.97 Å². The van der Waals surface area contributed by atoms with Gasteiger partial charge in [-0.05, 0) is 48.0 Å². The second-order valence-corrected chi connectivity index (χ2v) is 13.5. The maximum absolute atomic E-state index is 13.1. The van der Waals surface area contributed by atoms with Crippen molar-refractivity contribution in [3.8, 4) is 33.9 Å². The van der Waals surface area contributed by atoms with Gasteiger partial charge in [0, 0.05) is 74.6 Å². The van der Waals surface area contributed by atoms with Crippen molar-refractivity contribution < 1.29 is 38.0 Å². The maximum atomic E-state index is 13.1. The number of carbonyl (C=O) groups is 1. The summed E-state index contributed by atoms with van der Waals surface area (Å²) in [6.07, 6.45) is 0. The van der Waals surface area contributed by atoms with Gasteiger partial charge in [0.2, 0.25) is 5.36 Å². The summed E-state index contributed by atoms with van der Waals surface area (Å²) in [4.78, 5) is 19.4. The molecule has 0 aromatic heterocycles. The highest BCUT2D eigenvalue weighted by Crippen LogP contribution is 2.45. The molecule has 6 rings (SSSR count). The van der Waals surface area contributed by atoms with E-state index >= 15 is 0 Å². The van der Waals surface area contributed by atoms with E-state index in [4.69, 9.17) is 28.1 Å². The Labute approximate surface area is 316 Å². The number of rotatable bonds is 7. The average Bonchev–Trinajstić information content (AvgIpc) is 3.18. The highest BCUT2D eigenvalue weighted by atomic mass is 16.5. The van der Waals surface area contributed by atoms with Crippen LogP contribution >= 0.6 is 0 Å². The maximum Gasteiger partial charge on any atom is 0.336 e. The molecule has 1 N–H and O–H groups in total. The third-order valence-electron chi connectivity index (χ3n) is 9.70. The monoisotopic (exact) mass is 739 g/mol. The van der Waals surface area contributed by atoms with Crippen molar-refractivity contribution in [3.05, 3.63) is 83.7 Å². The molecule has 1 aliphatic carbocycles. The Morgan fingerprint density at radius 3 is 1.96 bits per heavy atom. The molecule has 12 nitrogen and oxygen atoms in total. The predicted octanol–water partition coefficient (Wildman–Crippen LogP) is 5.39. The Kier molecular flexibility index (Phi) is 12.6. The topological polar surface area (TPSA) is 109 Å². The Morgan fingerprint density at radius 2 is 1.35 bits per heavy atom. The fraction of sp³-hybridized carbons (Fsp3) is 0.381. The third-order valence-corrected chi connectivity index (χ3v) is 9.70. The van der Waals surface area contributed by atoms with E-state index in [0.717, 1.165) is 44.7 Å². The molecular formula is C42H51N4O8+. The molecule has 0 atom stereocenters. The Bertz CT molecular complexity index is 2110. The Morgan fingerprint density at radius 1 is 0.722 bits per heavy atom. The zero-order chi connectivity index (χ0) is 38.2. The van der Waals surface area contributed by atoms with Gasteiger partial charge in [0.25, 0.3) is 0 Å². The van der Waals surface area contributed by atoms with Crippen molar-refractivity contribution in [1.82, 2.24) is 4.58 Å². The van der Waals surface area contributed by atoms with Gasteiger partial charge in [-0.25, -0.2) is 9.37 Å². The second-order valence-electron chi connectivity index (χ2n) is 13.5. The molecule has 0 spiro atoms. The molecule has 54 heavy (non-hydrogen) atoms. The highest BCUT2D eigenvalue weighted by molar-refractivity contribution is 6.09. The first-order chi connectivity index (χ1) is 26.2. The van der Waals surface area contributed by atoms with Gasteiger partial charge < -0.3 is 47.9 Å². The molecule has 1 fully saturated rings. The molecule has 3 aromatic rings. The molecule has 1 saturated heterocycles. The lowest BCUT2D eigenvalue weighted by Crippen LogP contribution is -2.33. The Hall–Kier alpha value is -5.30. The summed E-state index contributed by atoms with van der Waals surface area (Å²) in [6, 6.07) is 23.5. The number of aromatic carboxylic acids is 1. The van der Waals surface area contributed by atoms with Crippen molar-refractivity contribution in [2.45, 2.75) is 0 Å². The zero-order valence-electron chi connectivity index (χ0n) is 32.1. The first-order valence-corrected chi connectivity index (χ1v) is 18.2. The molecule has 3 aromatic carbocycles. The highest BCUT2D eigenvalue weighted by Gasteiger charge is 2.26.